The van der Waals surface area contributed by atoms with Gasteiger partial charge in [0.2, 0.25) is 0 Å². The van der Waals surface area contributed by atoms with Crippen molar-refractivity contribution in [2.24, 2.45) is 0 Å². The normalized spacial score (nSPS) is 18.9. The van der Waals surface area contributed by atoms with Crippen molar-refractivity contribution in [3.8, 4) is 6.07 Å². The Morgan fingerprint density at radius 1 is 1.28 bits per heavy atom. The summed E-state index contributed by atoms with van der Waals surface area (Å²) >= 11 is 1.23. The molecule has 2 rings (SSSR count). The molecule has 0 aliphatic carbocycles. The van der Waals surface area contributed by atoms with Gasteiger partial charge in [-0.05, 0) is 57.3 Å². The van der Waals surface area contributed by atoms with Crippen LogP contribution < -0.4 is 0 Å². The summed E-state index contributed by atoms with van der Waals surface area (Å²) in [4.78, 5) is 11.4. The van der Waals surface area contributed by atoms with Gasteiger partial charge in [0, 0.05) is 12.7 Å². The Hall–Kier alpha value is -1.55. The lowest BCUT2D eigenvalue weighted by atomic mass is 9.78. The first-order chi connectivity index (χ1) is 11.6. The predicted molar refractivity (Wildman–Crippen MR) is 103 cm³/mol. The monoisotopic (exact) mass is 357 g/mol. The average molecular weight is 357 g/mol. The van der Waals surface area contributed by atoms with Crippen LogP contribution in [0.4, 0.5) is 0 Å². The SMILES string of the molecule is CC(=O)SCC(=Cc1cccc(C#N)c1C)B1OC(C)(C)C(C)(C)O1. The summed E-state index contributed by atoms with van der Waals surface area (Å²) in [5.74, 6) is 0.488. The van der Waals surface area contributed by atoms with Crippen LogP contribution in [0.15, 0.2) is 23.7 Å². The third kappa shape index (κ3) is 4.35. The molecule has 1 aromatic rings. The fourth-order valence-corrected chi connectivity index (χ4v) is 3.08. The van der Waals surface area contributed by atoms with Crippen molar-refractivity contribution in [1.82, 2.24) is 0 Å². The molecule has 0 atom stereocenters. The zero-order valence-corrected chi connectivity index (χ0v) is 16.5. The Morgan fingerprint density at radius 3 is 2.40 bits per heavy atom. The second-order valence-corrected chi connectivity index (χ2v) is 8.37. The molecule has 6 heteroatoms. The minimum atomic E-state index is -0.512. The standard InChI is InChI=1S/C19H24BNO3S/c1-13-15(8-7-9-16(13)11-21)10-17(12-25-14(2)22)20-23-18(3,4)19(5,6)24-20/h7-10H,12H2,1-6H3. The van der Waals surface area contributed by atoms with E-state index in [2.05, 4.69) is 6.07 Å². The molecule has 0 amide bonds. The number of hydrogen-bond acceptors (Lipinski definition) is 5. The number of nitriles is 1. The molecule has 1 saturated heterocycles. The fourth-order valence-electron chi connectivity index (χ4n) is 2.49. The molecule has 0 aromatic heterocycles. The predicted octanol–water partition coefficient (Wildman–Crippen LogP) is 4.16. The van der Waals surface area contributed by atoms with E-state index in [0.29, 0.717) is 11.3 Å². The molecule has 1 heterocycles. The van der Waals surface area contributed by atoms with Gasteiger partial charge in [0.1, 0.15) is 0 Å². The molecule has 0 saturated carbocycles. The van der Waals surface area contributed by atoms with Crippen molar-refractivity contribution >= 4 is 30.1 Å². The lowest BCUT2D eigenvalue weighted by Crippen LogP contribution is -2.41. The largest absolute Gasteiger partial charge is 0.491 e. The first-order valence-electron chi connectivity index (χ1n) is 8.26. The van der Waals surface area contributed by atoms with Gasteiger partial charge in [-0.3, -0.25) is 4.79 Å². The van der Waals surface area contributed by atoms with E-state index in [0.717, 1.165) is 16.6 Å². The van der Waals surface area contributed by atoms with E-state index in [-0.39, 0.29) is 5.12 Å². The van der Waals surface area contributed by atoms with Gasteiger partial charge < -0.3 is 9.31 Å². The molecule has 1 aliphatic rings. The molecule has 4 nitrogen and oxygen atoms in total. The molecule has 1 aromatic carbocycles. The van der Waals surface area contributed by atoms with Gasteiger partial charge in [0.25, 0.3) is 0 Å². The molecule has 0 unspecified atom stereocenters. The van der Waals surface area contributed by atoms with Crippen molar-refractivity contribution in [2.45, 2.75) is 52.7 Å². The summed E-state index contributed by atoms with van der Waals surface area (Å²) in [6, 6.07) is 7.82. The Morgan fingerprint density at radius 2 is 1.88 bits per heavy atom. The lowest BCUT2D eigenvalue weighted by Gasteiger charge is -2.32. The number of thioether (sulfide) groups is 1. The highest BCUT2D eigenvalue weighted by molar-refractivity contribution is 8.13. The van der Waals surface area contributed by atoms with Crippen LogP contribution >= 0.6 is 11.8 Å². The van der Waals surface area contributed by atoms with Gasteiger partial charge in [0.15, 0.2) is 5.12 Å². The number of carbonyl (C=O) groups excluding carboxylic acids is 1. The Kier molecular flexibility index (Phi) is 5.83. The zero-order valence-electron chi connectivity index (χ0n) is 15.7. The average Bonchev–Trinajstić information content (AvgIpc) is 2.73. The number of benzene rings is 1. The van der Waals surface area contributed by atoms with Crippen molar-refractivity contribution < 1.29 is 14.1 Å². The highest BCUT2D eigenvalue weighted by Gasteiger charge is 2.52. The van der Waals surface area contributed by atoms with Crippen LogP contribution in [0, 0.1) is 18.3 Å². The summed E-state index contributed by atoms with van der Waals surface area (Å²) in [5, 5.41) is 9.28. The lowest BCUT2D eigenvalue weighted by molar-refractivity contribution is -0.109. The third-order valence-corrected chi connectivity index (χ3v) is 5.72. The second kappa shape index (κ2) is 7.37. The van der Waals surface area contributed by atoms with Gasteiger partial charge in [-0.15, -0.1) is 0 Å². The maximum atomic E-state index is 11.4. The van der Waals surface area contributed by atoms with Crippen LogP contribution in [-0.4, -0.2) is 29.2 Å². The van der Waals surface area contributed by atoms with Gasteiger partial charge in [-0.25, -0.2) is 0 Å². The van der Waals surface area contributed by atoms with Crippen molar-refractivity contribution in [1.29, 1.82) is 5.26 Å². The topological polar surface area (TPSA) is 59.3 Å². The van der Waals surface area contributed by atoms with E-state index in [1.165, 1.54) is 11.8 Å². The molecular formula is C19H24BNO3S. The highest BCUT2D eigenvalue weighted by Crippen LogP contribution is 2.39. The van der Waals surface area contributed by atoms with Gasteiger partial charge in [-0.2, -0.15) is 5.26 Å². The van der Waals surface area contributed by atoms with Crippen molar-refractivity contribution in [3.63, 3.8) is 0 Å². The maximum absolute atomic E-state index is 11.4. The van der Waals surface area contributed by atoms with E-state index >= 15 is 0 Å². The quantitative estimate of drug-likeness (QED) is 0.758. The smallest absolute Gasteiger partial charge is 0.400 e. The first-order valence-corrected chi connectivity index (χ1v) is 9.25. The summed E-state index contributed by atoms with van der Waals surface area (Å²) in [7, 11) is -0.512. The van der Waals surface area contributed by atoms with Gasteiger partial charge in [-0.1, -0.05) is 30.0 Å². The summed E-state index contributed by atoms with van der Waals surface area (Å²) in [5.41, 5.74) is 2.49. The number of carbonyl (C=O) groups is 1. The molecule has 1 aliphatic heterocycles. The summed E-state index contributed by atoms with van der Waals surface area (Å²) in [6.07, 6.45) is 1.98. The highest BCUT2D eigenvalue weighted by atomic mass is 32.2. The summed E-state index contributed by atoms with van der Waals surface area (Å²) in [6.45, 7) is 11.5. The van der Waals surface area contributed by atoms with Crippen molar-refractivity contribution in [3.05, 3.63) is 40.4 Å². The van der Waals surface area contributed by atoms with Crippen LogP contribution in [0.3, 0.4) is 0 Å². The molecule has 1 fully saturated rings. The van der Waals surface area contributed by atoms with Crippen molar-refractivity contribution in [2.75, 3.05) is 5.75 Å². The Balaban J connectivity index is 2.41. The van der Waals surface area contributed by atoms with E-state index in [1.54, 1.807) is 13.0 Å². The zero-order chi connectivity index (χ0) is 18.8. The van der Waals surface area contributed by atoms with Gasteiger partial charge >= 0.3 is 7.12 Å². The van der Waals surface area contributed by atoms with E-state index in [9.17, 15) is 10.1 Å². The molecule has 132 valence electrons. The maximum Gasteiger partial charge on any atom is 0.491 e. The van der Waals surface area contributed by atoms with Crippen LogP contribution in [0.5, 0.6) is 0 Å². The molecule has 25 heavy (non-hydrogen) atoms. The Labute approximate surface area is 154 Å². The molecule has 0 N–H and O–H groups in total. The van der Waals surface area contributed by atoms with E-state index in [1.807, 2.05) is 52.8 Å². The van der Waals surface area contributed by atoms with Crippen LogP contribution in [0.2, 0.25) is 0 Å². The number of nitrogens with zero attached hydrogens (tertiary/aromatic N) is 1. The number of hydrogen-bond donors (Lipinski definition) is 0. The molecular weight excluding hydrogens is 333 g/mol. The second-order valence-electron chi connectivity index (χ2n) is 7.22. The minimum Gasteiger partial charge on any atom is -0.400 e. The molecule has 0 spiro atoms. The molecule has 0 bridgehead atoms. The van der Waals surface area contributed by atoms with Gasteiger partial charge in [0.05, 0.1) is 22.8 Å². The molecule has 0 radical (unpaired) electrons. The van der Waals surface area contributed by atoms with E-state index < -0.39 is 18.3 Å². The minimum absolute atomic E-state index is 0.0462. The summed E-state index contributed by atoms with van der Waals surface area (Å²) < 4.78 is 12.3. The fraction of sp³-hybridized carbons (Fsp3) is 0.474. The van der Waals surface area contributed by atoms with Crippen LogP contribution in [0.25, 0.3) is 6.08 Å². The van der Waals surface area contributed by atoms with Crippen LogP contribution in [0.1, 0.15) is 51.3 Å². The third-order valence-electron chi connectivity index (χ3n) is 4.84. The van der Waals surface area contributed by atoms with E-state index in [4.69, 9.17) is 9.31 Å². The number of rotatable bonds is 4. The van der Waals surface area contributed by atoms with Crippen LogP contribution in [-0.2, 0) is 14.1 Å². The Bertz CT molecular complexity index is 734. The first kappa shape index (κ1) is 19.8.